The summed E-state index contributed by atoms with van der Waals surface area (Å²) in [6.07, 6.45) is 0. The second kappa shape index (κ2) is 4.18. The molecule has 3 rings (SSSR count). The Kier molecular flexibility index (Phi) is 2.52. The molecule has 0 aliphatic heterocycles. The third kappa shape index (κ3) is 1.64. The number of esters is 1. The summed E-state index contributed by atoms with van der Waals surface area (Å²) in [6.45, 7) is 2.17. The van der Waals surface area contributed by atoms with Gasteiger partial charge < -0.3 is 9.15 Å². The highest BCUT2D eigenvalue weighted by Crippen LogP contribution is 2.29. The number of rotatable bonds is 2. The van der Waals surface area contributed by atoms with Gasteiger partial charge in [0.15, 0.2) is 0 Å². The molecular formula is C15H12O3. The van der Waals surface area contributed by atoms with Gasteiger partial charge in [0.1, 0.15) is 11.2 Å². The maximum atomic E-state index is 11.7. The standard InChI is InChI=1S/C15H12O3/c1-2-17-15(16)10-7-8-14-12(9-10)11-5-3-4-6-13(11)18-14/h3-9H,2H2,1H3. The van der Waals surface area contributed by atoms with E-state index in [9.17, 15) is 4.79 Å². The normalized spacial score (nSPS) is 10.9. The fourth-order valence-corrected chi connectivity index (χ4v) is 2.07. The van der Waals surface area contributed by atoms with Gasteiger partial charge >= 0.3 is 5.97 Å². The number of furan rings is 1. The van der Waals surface area contributed by atoms with Crippen LogP contribution in [0.5, 0.6) is 0 Å². The van der Waals surface area contributed by atoms with Crippen LogP contribution in [0.1, 0.15) is 17.3 Å². The Labute approximate surface area is 104 Å². The predicted octanol–water partition coefficient (Wildman–Crippen LogP) is 3.76. The molecule has 0 bridgehead atoms. The first-order chi connectivity index (χ1) is 8.79. The Hall–Kier alpha value is -2.29. The van der Waals surface area contributed by atoms with Crippen LogP contribution in [0.2, 0.25) is 0 Å². The summed E-state index contributed by atoms with van der Waals surface area (Å²) in [6, 6.07) is 13.1. The molecular weight excluding hydrogens is 228 g/mol. The highest BCUT2D eigenvalue weighted by atomic mass is 16.5. The highest BCUT2D eigenvalue weighted by Gasteiger charge is 2.11. The van der Waals surface area contributed by atoms with Gasteiger partial charge in [0.25, 0.3) is 0 Å². The SMILES string of the molecule is CCOC(=O)c1ccc2oc3ccccc3c2c1. The highest BCUT2D eigenvalue weighted by molar-refractivity contribution is 6.07. The van der Waals surface area contributed by atoms with E-state index in [4.69, 9.17) is 9.15 Å². The summed E-state index contributed by atoms with van der Waals surface area (Å²) in [4.78, 5) is 11.7. The van der Waals surface area contributed by atoms with E-state index in [0.717, 1.165) is 21.9 Å². The van der Waals surface area contributed by atoms with E-state index in [0.29, 0.717) is 12.2 Å². The van der Waals surface area contributed by atoms with Gasteiger partial charge in [-0.3, -0.25) is 0 Å². The fourth-order valence-electron chi connectivity index (χ4n) is 2.07. The lowest BCUT2D eigenvalue weighted by Crippen LogP contribution is -2.03. The Morgan fingerprint density at radius 1 is 1.11 bits per heavy atom. The molecule has 0 spiro atoms. The van der Waals surface area contributed by atoms with Crippen molar-refractivity contribution in [3.8, 4) is 0 Å². The smallest absolute Gasteiger partial charge is 0.338 e. The van der Waals surface area contributed by atoms with Crippen LogP contribution in [0.15, 0.2) is 46.9 Å². The van der Waals surface area contributed by atoms with Crippen LogP contribution in [0, 0.1) is 0 Å². The molecule has 0 N–H and O–H groups in total. The maximum Gasteiger partial charge on any atom is 0.338 e. The van der Waals surface area contributed by atoms with Crippen LogP contribution >= 0.6 is 0 Å². The maximum absolute atomic E-state index is 11.7. The number of carbonyl (C=O) groups excluding carboxylic acids is 1. The molecule has 0 fully saturated rings. The summed E-state index contributed by atoms with van der Waals surface area (Å²) >= 11 is 0. The van der Waals surface area contributed by atoms with Crippen molar-refractivity contribution < 1.29 is 13.9 Å². The second-order valence-corrected chi connectivity index (χ2v) is 4.03. The average Bonchev–Trinajstić information content (AvgIpc) is 2.76. The first-order valence-corrected chi connectivity index (χ1v) is 5.88. The van der Waals surface area contributed by atoms with Crippen molar-refractivity contribution in [2.24, 2.45) is 0 Å². The van der Waals surface area contributed by atoms with E-state index in [1.165, 1.54) is 0 Å². The topological polar surface area (TPSA) is 39.4 Å². The molecule has 2 aromatic carbocycles. The Morgan fingerprint density at radius 3 is 2.72 bits per heavy atom. The molecule has 3 heteroatoms. The van der Waals surface area contributed by atoms with Crippen molar-refractivity contribution in [1.29, 1.82) is 0 Å². The van der Waals surface area contributed by atoms with Crippen LogP contribution < -0.4 is 0 Å². The zero-order valence-corrected chi connectivity index (χ0v) is 9.97. The summed E-state index contributed by atoms with van der Waals surface area (Å²) in [5, 5.41) is 1.95. The minimum atomic E-state index is -0.301. The number of hydrogen-bond donors (Lipinski definition) is 0. The summed E-state index contributed by atoms with van der Waals surface area (Å²) < 4.78 is 10.7. The van der Waals surface area contributed by atoms with Crippen LogP contribution in [0.4, 0.5) is 0 Å². The molecule has 0 aliphatic carbocycles. The van der Waals surface area contributed by atoms with Crippen LogP contribution in [0.25, 0.3) is 21.9 Å². The first-order valence-electron chi connectivity index (χ1n) is 5.88. The number of ether oxygens (including phenoxy) is 1. The van der Waals surface area contributed by atoms with E-state index in [1.54, 1.807) is 13.0 Å². The Bertz CT molecular complexity index is 725. The summed E-state index contributed by atoms with van der Waals surface area (Å²) in [5.41, 5.74) is 2.16. The molecule has 0 atom stereocenters. The lowest BCUT2D eigenvalue weighted by Gasteiger charge is -2.00. The predicted molar refractivity (Wildman–Crippen MR) is 69.7 cm³/mol. The van der Waals surface area contributed by atoms with Crippen molar-refractivity contribution in [3.63, 3.8) is 0 Å². The summed E-state index contributed by atoms with van der Waals surface area (Å²) in [5.74, 6) is -0.301. The molecule has 0 radical (unpaired) electrons. The first kappa shape index (κ1) is 10.8. The monoisotopic (exact) mass is 240 g/mol. The molecule has 90 valence electrons. The van der Waals surface area contributed by atoms with Crippen LogP contribution in [-0.4, -0.2) is 12.6 Å². The number of para-hydroxylation sites is 1. The van der Waals surface area contributed by atoms with E-state index in [1.807, 2.05) is 36.4 Å². The molecule has 1 heterocycles. The molecule has 0 saturated carbocycles. The van der Waals surface area contributed by atoms with Gasteiger partial charge in [0.2, 0.25) is 0 Å². The van der Waals surface area contributed by atoms with Crippen molar-refractivity contribution in [1.82, 2.24) is 0 Å². The van der Waals surface area contributed by atoms with Gasteiger partial charge in [0, 0.05) is 10.8 Å². The lowest BCUT2D eigenvalue weighted by atomic mass is 10.1. The van der Waals surface area contributed by atoms with Gasteiger partial charge in [-0.15, -0.1) is 0 Å². The Balaban J connectivity index is 2.21. The van der Waals surface area contributed by atoms with E-state index < -0.39 is 0 Å². The lowest BCUT2D eigenvalue weighted by molar-refractivity contribution is 0.0526. The van der Waals surface area contributed by atoms with Crippen LogP contribution in [0.3, 0.4) is 0 Å². The minimum absolute atomic E-state index is 0.301. The van der Waals surface area contributed by atoms with Crippen molar-refractivity contribution in [2.75, 3.05) is 6.61 Å². The molecule has 18 heavy (non-hydrogen) atoms. The molecule has 3 nitrogen and oxygen atoms in total. The van der Waals surface area contributed by atoms with Gasteiger partial charge in [-0.1, -0.05) is 18.2 Å². The quantitative estimate of drug-likeness (QED) is 0.640. The molecule has 0 aliphatic rings. The van der Waals surface area contributed by atoms with Crippen molar-refractivity contribution in [3.05, 3.63) is 48.0 Å². The molecule has 1 aromatic heterocycles. The zero-order chi connectivity index (χ0) is 12.5. The number of benzene rings is 2. The minimum Gasteiger partial charge on any atom is -0.462 e. The third-order valence-electron chi connectivity index (χ3n) is 2.89. The zero-order valence-electron chi connectivity index (χ0n) is 9.97. The Morgan fingerprint density at radius 2 is 1.89 bits per heavy atom. The molecule has 0 amide bonds. The number of fused-ring (bicyclic) bond motifs is 3. The number of hydrogen-bond acceptors (Lipinski definition) is 3. The van der Waals surface area contributed by atoms with Gasteiger partial charge in [-0.25, -0.2) is 4.79 Å². The second-order valence-electron chi connectivity index (χ2n) is 4.03. The molecule has 0 unspecified atom stereocenters. The van der Waals surface area contributed by atoms with Gasteiger partial charge in [-0.2, -0.15) is 0 Å². The van der Waals surface area contributed by atoms with Gasteiger partial charge in [0.05, 0.1) is 12.2 Å². The van der Waals surface area contributed by atoms with E-state index >= 15 is 0 Å². The summed E-state index contributed by atoms with van der Waals surface area (Å²) in [7, 11) is 0. The molecule has 0 saturated heterocycles. The van der Waals surface area contributed by atoms with Gasteiger partial charge in [-0.05, 0) is 31.2 Å². The van der Waals surface area contributed by atoms with Crippen LogP contribution in [-0.2, 0) is 4.74 Å². The van der Waals surface area contributed by atoms with E-state index in [-0.39, 0.29) is 5.97 Å². The van der Waals surface area contributed by atoms with E-state index in [2.05, 4.69) is 0 Å². The average molecular weight is 240 g/mol. The molecule has 3 aromatic rings. The van der Waals surface area contributed by atoms with Crippen molar-refractivity contribution >= 4 is 27.9 Å². The fraction of sp³-hybridized carbons (Fsp3) is 0.133. The number of carbonyl (C=O) groups is 1. The third-order valence-corrected chi connectivity index (χ3v) is 2.89. The van der Waals surface area contributed by atoms with Crippen molar-refractivity contribution in [2.45, 2.75) is 6.92 Å². The largest absolute Gasteiger partial charge is 0.462 e.